The first-order valence-corrected chi connectivity index (χ1v) is 6.53. The fourth-order valence-electron chi connectivity index (χ4n) is 2.51. The highest BCUT2D eigenvalue weighted by Gasteiger charge is 2.37. The smallest absolute Gasteiger partial charge is 0.0408 e. The minimum Gasteiger partial charge on any atom is -0.313 e. The number of benzene rings is 1. The molecule has 86 valence electrons. The molecule has 0 radical (unpaired) electrons. The highest BCUT2D eigenvalue weighted by Crippen LogP contribution is 2.44. The van der Waals surface area contributed by atoms with Gasteiger partial charge in [-0.3, -0.25) is 0 Å². The van der Waals surface area contributed by atoms with Crippen LogP contribution in [0.25, 0.3) is 0 Å². The molecular formula is C14H18ClN. The highest BCUT2D eigenvalue weighted by atomic mass is 35.5. The van der Waals surface area contributed by atoms with Gasteiger partial charge in [-0.15, -0.1) is 0 Å². The summed E-state index contributed by atoms with van der Waals surface area (Å²) in [6.07, 6.45) is 5.10. The van der Waals surface area contributed by atoms with E-state index in [0.717, 1.165) is 11.4 Å². The lowest BCUT2D eigenvalue weighted by Crippen LogP contribution is -2.33. The molecule has 3 rings (SSSR count). The molecule has 0 bridgehead atoms. The van der Waals surface area contributed by atoms with Crippen molar-refractivity contribution in [1.29, 1.82) is 0 Å². The van der Waals surface area contributed by atoms with Gasteiger partial charge in [-0.1, -0.05) is 24.6 Å². The molecule has 1 unspecified atom stereocenters. The molecule has 2 aliphatic rings. The van der Waals surface area contributed by atoms with Crippen molar-refractivity contribution in [2.45, 2.75) is 38.6 Å². The fraction of sp³-hybridized carbons (Fsp3) is 0.571. The molecule has 1 aromatic carbocycles. The van der Waals surface area contributed by atoms with Crippen molar-refractivity contribution in [2.75, 3.05) is 6.54 Å². The van der Waals surface area contributed by atoms with E-state index in [2.05, 4.69) is 24.4 Å². The maximum absolute atomic E-state index is 6.01. The van der Waals surface area contributed by atoms with Crippen molar-refractivity contribution in [2.24, 2.45) is 5.41 Å². The lowest BCUT2D eigenvalue weighted by molar-refractivity contribution is 0.441. The van der Waals surface area contributed by atoms with Gasteiger partial charge in [0.1, 0.15) is 0 Å². The lowest BCUT2D eigenvalue weighted by Gasteiger charge is -2.15. The molecule has 0 spiro atoms. The standard InChI is InChI=1S/C14H18ClN/c1-14(4-5-14)9-16-13-7-10-2-3-12(15)6-11(10)8-13/h2-3,6,13,16H,4-5,7-9H2,1H3. The van der Waals surface area contributed by atoms with Crippen LogP contribution in [0.1, 0.15) is 30.9 Å². The van der Waals surface area contributed by atoms with Gasteiger partial charge in [0.25, 0.3) is 0 Å². The SMILES string of the molecule is CC1(CNC2Cc3ccc(Cl)cc3C2)CC1. The second-order valence-corrected chi connectivity index (χ2v) is 6.15. The molecule has 0 aromatic heterocycles. The van der Waals surface area contributed by atoms with Gasteiger partial charge in [0.15, 0.2) is 0 Å². The molecule has 1 fully saturated rings. The van der Waals surface area contributed by atoms with Crippen LogP contribution >= 0.6 is 11.6 Å². The second-order valence-electron chi connectivity index (χ2n) is 5.71. The van der Waals surface area contributed by atoms with Gasteiger partial charge in [0, 0.05) is 17.6 Å². The van der Waals surface area contributed by atoms with E-state index < -0.39 is 0 Å². The summed E-state index contributed by atoms with van der Waals surface area (Å²) in [6.45, 7) is 3.55. The molecule has 0 amide bonds. The second kappa shape index (κ2) is 3.75. The predicted octanol–water partition coefficient (Wildman–Crippen LogP) is 3.20. The third-order valence-corrected chi connectivity index (χ3v) is 4.26. The number of hydrogen-bond donors (Lipinski definition) is 1. The number of rotatable bonds is 3. The monoisotopic (exact) mass is 235 g/mol. The van der Waals surface area contributed by atoms with Crippen molar-refractivity contribution in [3.8, 4) is 0 Å². The Bertz CT molecular complexity index is 409. The van der Waals surface area contributed by atoms with E-state index in [4.69, 9.17) is 11.6 Å². The van der Waals surface area contributed by atoms with Crippen LogP contribution < -0.4 is 5.32 Å². The van der Waals surface area contributed by atoms with Crippen molar-refractivity contribution in [3.63, 3.8) is 0 Å². The molecule has 0 heterocycles. The van der Waals surface area contributed by atoms with Crippen molar-refractivity contribution >= 4 is 11.6 Å². The molecule has 1 aromatic rings. The fourth-order valence-corrected chi connectivity index (χ4v) is 2.71. The molecule has 2 aliphatic carbocycles. The Morgan fingerprint density at radius 1 is 1.31 bits per heavy atom. The summed E-state index contributed by atoms with van der Waals surface area (Å²) in [4.78, 5) is 0. The summed E-state index contributed by atoms with van der Waals surface area (Å²) in [5, 5.41) is 4.58. The molecule has 1 saturated carbocycles. The first kappa shape index (κ1) is 10.6. The predicted molar refractivity (Wildman–Crippen MR) is 68.0 cm³/mol. The van der Waals surface area contributed by atoms with Gasteiger partial charge in [-0.25, -0.2) is 0 Å². The Morgan fingerprint density at radius 3 is 2.81 bits per heavy atom. The summed E-state index contributed by atoms with van der Waals surface area (Å²) < 4.78 is 0. The summed E-state index contributed by atoms with van der Waals surface area (Å²) in [7, 11) is 0. The Morgan fingerprint density at radius 2 is 2.06 bits per heavy atom. The van der Waals surface area contributed by atoms with Gasteiger partial charge < -0.3 is 5.32 Å². The third kappa shape index (κ3) is 2.11. The zero-order valence-corrected chi connectivity index (χ0v) is 10.5. The Balaban J connectivity index is 1.62. The minimum absolute atomic E-state index is 0.604. The van der Waals surface area contributed by atoms with Gasteiger partial charge in [0.2, 0.25) is 0 Å². The third-order valence-electron chi connectivity index (χ3n) is 4.02. The van der Waals surface area contributed by atoms with E-state index in [1.165, 1.54) is 36.9 Å². The number of nitrogens with one attached hydrogen (secondary N) is 1. The molecule has 1 N–H and O–H groups in total. The first-order chi connectivity index (χ1) is 7.65. The van der Waals surface area contributed by atoms with Crippen LogP contribution in [0.3, 0.4) is 0 Å². The maximum atomic E-state index is 6.01. The van der Waals surface area contributed by atoms with Gasteiger partial charge in [-0.2, -0.15) is 0 Å². The maximum Gasteiger partial charge on any atom is 0.0408 e. The number of fused-ring (bicyclic) bond motifs is 1. The lowest BCUT2D eigenvalue weighted by atomic mass is 10.1. The van der Waals surface area contributed by atoms with Crippen LogP contribution in [-0.2, 0) is 12.8 Å². The average Bonchev–Trinajstić information content (AvgIpc) is 2.85. The Hall–Kier alpha value is -0.530. The van der Waals surface area contributed by atoms with Crippen molar-refractivity contribution in [3.05, 3.63) is 34.3 Å². The van der Waals surface area contributed by atoms with E-state index in [-0.39, 0.29) is 0 Å². The molecule has 1 atom stereocenters. The van der Waals surface area contributed by atoms with E-state index in [1.54, 1.807) is 0 Å². The van der Waals surface area contributed by atoms with Crippen LogP contribution in [0.15, 0.2) is 18.2 Å². The Kier molecular flexibility index (Phi) is 2.49. The largest absolute Gasteiger partial charge is 0.313 e. The van der Waals surface area contributed by atoms with E-state index in [9.17, 15) is 0 Å². The Labute approximate surface area is 102 Å². The van der Waals surface area contributed by atoms with Crippen LogP contribution in [0.4, 0.5) is 0 Å². The van der Waals surface area contributed by atoms with E-state index in [1.807, 2.05) is 6.07 Å². The van der Waals surface area contributed by atoms with Crippen LogP contribution in [0, 0.1) is 5.41 Å². The van der Waals surface area contributed by atoms with Crippen LogP contribution in [0.2, 0.25) is 5.02 Å². The number of hydrogen-bond acceptors (Lipinski definition) is 1. The van der Waals surface area contributed by atoms with Crippen molar-refractivity contribution in [1.82, 2.24) is 5.32 Å². The summed E-state index contributed by atoms with van der Waals surface area (Å²) in [6, 6.07) is 6.94. The van der Waals surface area contributed by atoms with Crippen molar-refractivity contribution < 1.29 is 0 Å². The summed E-state index contributed by atoms with van der Waals surface area (Å²) in [5.74, 6) is 0. The highest BCUT2D eigenvalue weighted by molar-refractivity contribution is 6.30. The average molecular weight is 236 g/mol. The normalized spacial score (nSPS) is 25.5. The quantitative estimate of drug-likeness (QED) is 0.849. The summed E-state index contributed by atoms with van der Waals surface area (Å²) in [5.41, 5.74) is 3.51. The van der Waals surface area contributed by atoms with E-state index >= 15 is 0 Å². The molecule has 16 heavy (non-hydrogen) atoms. The van der Waals surface area contributed by atoms with Gasteiger partial charge in [0.05, 0.1) is 0 Å². The minimum atomic E-state index is 0.604. The van der Waals surface area contributed by atoms with E-state index in [0.29, 0.717) is 11.5 Å². The molecule has 0 saturated heterocycles. The topological polar surface area (TPSA) is 12.0 Å². The molecular weight excluding hydrogens is 218 g/mol. The number of halogens is 1. The van der Waals surface area contributed by atoms with Gasteiger partial charge >= 0.3 is 0 Å². The molecule has 1 nitrogen and oxygen atoms in total. The first-order valence-electron chi connectivity index (χ1n) is 6.15. The summed E-state index contributed by atoms with van der Waals surface area (Å²) >= 11 is 6.01. The molecule has 0 aliphatic heterocycles. The zero-order valence-electron chi connectivity index (χ0n) is 9.72. The van der Waals surface area contributed by atoms with Crippen LogP contribution in [0.5, 0.6) is 0 Å². The van der Waals surface area contributed by atoms with Crippen LogP contribution in [-0.4, -0.2) is 12.6 Å². The van der Waals surface area contributed by atoms with Gasteiger partial charge in [-0.05, 0) is 54.4 Å². The molecule has 2 heteroatoms. The zero-order chi connectivity index (χ0) is 11.2.